The number of aliphatic hydroxyl groups excluding tert-OH is 1. The number of benzene rings is 1. The van der Waals surface area contributed by atoms with Crippen LogP contribution in [0.15, 0.2) is 16.6 Å². The number of aliphatic hydroxyl groups is 1. The largest absolute Gasteiger partial charge is 0.396 e. The molecule has 1 aromatic rings. The van der Waals surface area contributed by atoms with Crippen LogP contribution in [0.1, 0.15) is 24.0 Å². The van der Waals surface area contributed by atoms with E-state index in [1.807, 2.05) is 30.9 Å². The molecule has 20 heavy (non-hydrogen) atoms. The van der Waals surface area contributed by atoms with E-state index in [9.17, 15) is 4.79 Å². The summed E-state index contributed by atoms with van der Waals surface area (Å²) in [6, 6.07) is 3.95. The summed E-state index contributed by atoms with van der Waals surface area (Å²) in [7, 11) is 0. The first kappa shape index (κ1) is 15.3. The average Bonchev–Trinajstić information content (AvgIpc) is 2.42. The first-order chi connectivity index (χ1) is 9.51. The molecule has 1 fully saturated rings. The molecule has 1 aromatic carbocycles. The summed E-state index contributed by atoms with van der Waals surface area (Å²) in [5.41, 5.74) is 2.99. The molecule has 1 saturated heterocycles. The lowest BCUT2D eigenvalue weighted by molar-refractivity contribution is 0.143. The summed E-state index contributed by atoms with van der Waals surface area (Å²) in [4.78, 5) is 14.1. The fourth-order valence-electron chi connectivity index (χ4n) is 2.61. The summed E-state index contributed by atoms with van der Waals surface area (Å²) in [5, 5.41) is 12.1. The van der Waals surface area contributed by atoms with Gasteiger partial charge in [-0.3, -0.25) is 0 Å². The Hall–Kier alpha value is -1.07. The Morgan fingerprint density at radius 2 is 1.90 bits per heavy atom. The van der Waals surface area contributed by atoms with E-state index >= 15 is 0 Å². The van der Waals surface area contributed by atoms with Gasteiger partial charge in [0.1, 0.15) is 0 Å². The van der Waals surface area contributed by atoms with Crippen molar-refractivity contribution in [3.8, 4) is 0 Å². The normalized spacial score (nSPS) is 16.3. The van der Waals surface area contributed by atoms with Gasteiger partial charge in [0.15, 0.2) is 0 Å². The smallest absolute Gasteiger partial charge is 0.321 e. The van der Waals surface area contributed by atoms with Crippen LogP contribution in [0.5, 0.6) is 0 Å². The minimum atomic E-state index is -0.0464. The van der Waals surface area contributed by atoms with Gasteiger partial charge in [0, 0.05) is 29.9 Å². The number of likely N-dealkylation sites (tertiary alicyclic amines) is 1. The minimum Gasteiger partial charge on any atom is -0.396 e. The van der Waals surface area contributed by atoms with Gasteiger partial charge in [-0.25, -0.2) is 4.79 Å². The second-order valence-electron chi connectivity index (χ2n) is 5.46. The number of piperidine rings is 1. The molecular weight excluding hydrogens is 320 g/mol. The zero-order valence-corrected chi connectivity index (χ0v) is 13.5. The zero-order chi connectivity index (χ0) is 14.7. The molecule has 2 N–H and O–H groups in total. The highest BCUT2D eigenvalue weighted by molar-refractivity contribution is 9.10. The molecule has 0 aromatic heterocycles. The number of urea groups is 1. The highest BCUT2D eigenvalue weighted by Gasteiger charge is 2.22. The Labute approximate surface area is 128 Å². The molecule has 0 bridgehead atoms. The molecule has 2 amide bonds. The van der Waals surface area contributed by atoms with Crippen LogP contribution in [0.25, 0.3) is 0 Å². The summed E-state index contributed by atoms with van der Waals surface area (Å²) >= 11 is 3.46. The second kappa shape index (κ2) is 6.59. The van der Waals surface area contributed by atoms with Crippen molar-refractivity contribution >= 4 is 27.6 Å². The maximum atomic E-state index is 12.3. The number of carbonyl (C=O) groups excluding carboxylic acids is 1. The van der Waals surface area contributed by atoms with Crippen LogP contribution in [0.2, 0.25) is 0 Å². The molecule has 0 atom stereocenters. The number of amides is 2. The second-order valence-corrected chi connectivity index (χ2v) is 6.37. The van der Waals surface area contributed by atoms with Crippen molar-refractivity contribution in [2.24, 2.45) is 5.92 Å². The van der Waals surface area contributed by atoms with Crippen molar-refractivity contribution < 1.29 is 9.90 Å². The number of hydrogen-bond donors (Lipinski definition) is 2. The summed E-state index contributed by atoms with van der Waals surface area (Å²) in [6.45, 7) is 5.63. The van der Waals surface area contributed by atoms with E-state index in [0.29, 0.717) is 19.0 Å². The van der Waals surface area contributed by atoms with Crippen LogP contribution in [-0.2, 0) is 0 Å². The summed E-state index contributed by atoms with van der Waals surface area (Å²) < 4.78 is 1.02. The lowest BCUT2D eigenvalue weighted by Crippen LogP contribution is -2.41. The molecule has 1 heterocycles. The third-order valence-corrected chi connectivity index (χ3v) is 4.35. The highest BCUT2D eigenvalue weighted by Crippen LogP contribution is 2.26. The van der Waals surface area contributed by atoms with E-state index < -0.39 is 0 Å². The number of nitrogens with zero attached hydrogens (tertiary/aromatic N) is 1. The predicted octanol–water partition coefficient (Wildman–Crippen LogP) is 3.30. The minimum absolute atomic E-state index is 0.0464. The third kappa shape index (κ3) is 3.52. The molecular formula is C15H21BrN2O2. The van der Waals surface area contributed by atoms with Gasteiger partial charge in [0.2, 0.25) is 0 Å². The van der Waals surface area contributed by atoms with Gasteiger partial charge in [-0.05, 0) is 55.9 Å². The molecule has 0 unspecified atom stereocenters. The van der Waals surface area contributed by atoms with E-state index in [2.05, 4.69) is 21.2 Å². The first-order valence-electron chi connectivity index (χ1n) is 6.94. The number of rotatable bonds is 2. The van der Waals surface area contributed by atoms with Crippen LogP contribution >= 0.6 is 15.9 Å². The number of carbonyl (C=O) groups is 1. The fraction of sp³-hybridized carbons (Fsp3) is 0.533. The Balaban J connectivity index is 2.02. The summed E-state index contributed by atoms with van der Waals surface area (Å²) in [6.07, 6.45) is 1.75. The maximum Gasteiger partial charge on any atom is 0.321 e. The van der Waals surface area contributed by atoms with Gasteiger partial charge in [-0.1, -0.05) is 15.9 Å². The van der Waals surface area contributed by atoms with Crippen LogP contribution in [-0.4, -0.2) is 35.7 Å². The molecule has 1 aliphatic rings. The number of halogens is 1. The van der Waals surface area contributed by atoms with Gasteiger partial charge in [0.05, 0.1) is 0 Å². The van der Waals surface area contributed by atoms with Crippen LogP contribution < -0.4 is 5.32 Å². The van der Waals surface area contributed by atoms with E-state index in [1.54, 1.807) is 0 Å². The fourth-order valence-corrected chi connectivity index (χ4v) is 3.30. The lowest BCUT2D eigenvalue weighted by Gasteiger charge is -2.31. The van der Waals surface area contributed by atoms with Crippen molar-refractivity contribution in [2.75, 3.05) is 25.0 Å². The van der Waals surface area contributed by atoms with E-state index in [0.717, 1.165) is 34.1 Å². The highest BCUT2D eigenvalue weighted by atomic mass is 79.9. The van der Waals surface area contributed by atoms with Crippen molar-refractivity contribution in [3.63, 3.8) is 0 Å². The number of aryl methyl sites for hydroxylation is 2. The van der Waals surface area contributed by atoms with Crippen molar-refractivity contribution in [1.29, 1.82) is 0 Å². The molecule has 0 radical (unpaired) electrons. The third-order valence-electron chi connectivity index (χ3n) is 3.89. The van der Waals surface area contributed by atoms with Crippen LogP contribution in [0.3, 0.4) is 0 Å². The Morgan fingerprint density at radius 1 is 1.35 bits per heavy atom. The molecule has 5 heteroatoms. The number of hydrogen-bond acceptors (Lipinski definition) is 2. The van der Waals surface area contributed by atoms with Crippen molar-refractivity contribution in [2.45, 2.75) is 26.7 Å². The monoisotopic (exact) mass is 340 g/mol. The Bertz CT molecular complexity index is 474. The number of anilines is 1. The average molecular weight is 341 g/mol. The Morgan fingerprint density at radius 3 is 2.40 bits per heavy atom. The molecule has 0 aliphatic carbocycles. The molecule has 0 saturated carbocycles. The molecule has 0 spiro atoms. The van der Waals surface area contributed by atoms with Gasteiger partial charge < -0.3 is 15.3 Å². The molecule has 1 aliphatic heterocycles. The van der Waals surface area contributed by atoms with Gasteiger partial charge in [-0.15, -0.1) is 0 Å². The van der Waals surface area contributed by atoms with Crippen LogP contribution in [0.4, 0.5) is 10.5 Å². The first-order valence-corrected chi connectivity index (χ1v) is 7.74. The molecule has 110 valence electrons. The molecule has 4 nitrogen and oxygen atoms in total. The zero-order valence-electron chi connectivity index (χ0n) is 11.9. The Kier molecular flexibility index (Phi) is 5.05. The van der Waals surface area contributed by atoms with E-state index in [-0.39, 0.29) is 12.6 Å². The quantitative estimate of drug-likeness (QED) is 0.867. The lowest BCUT2D eigenvalue weighted by atomic mass is 9.98. The van der Waals surface area contributed by atoms with Gasteiger partial charge in [0.25, 0.3) is 0 Å². The van der Waals surface area contributed by atoms with E-state index in [1.165, 1.54) is 0 Å². The SMILES string of the molecule is Cc1cc(Br)cc(C)c1NC(=O)N1CCC(CO)CC1. The topological polar surface area (TPSA) is 52.6 Å². The maximum absolute atomic E-state index is 12.3. The standard InChI is InChI=1S/C15H21BrN2O2/c1-10-7-13(16)8-11(2)14(10)17-15(20)18-5-3-12(9-19)4-6-18/h7-8,12,19H,3-6,9H2,1-2H3,(H,17,20). The molecule has 2 rings (SSSR count). The van der Waals surface area contributed by atoms with Gasteiger partial charge >= 0.3 is 6.03 Å². The van der Waals surface area contributed by atoms with Crippen molar-refractivity contribution in [1.82, 2.24) is 4.90 Å². The van der Waals surface area contributed by atoms with Gasteiger partial charge in [-0.2, -0.15) is 0 Å². The summed E-state index contributed by atoms with van der Waals surface area (Å²) in [5.74, 6) is 0.343. The van der Waals surface area contributed by atoms with Crippen molar-refractivity contribution in [3.05, 3.63) is 27.7 Å². The van der Waals surface area contributed by atoms with Crippen LogP contribution in [0, 0.1) is 19.8 Å². The van der Waals surface area contributed by atoms with E-state index in [4.69, 9.17) is 5.11 Å². The number of nitrogens with one attached hydrogen (secondary N) is 1. The predicted molar refractivity (Wildman–Crippen MR) is 84.0 cm³/mol.